The first kappa shape index (κ1) is 14.7. The van der Waals surface area contributed by atoms with Crippen molar-refractivity contribution in [3.63, 3.8) is 0 Å². The SMILES string of the molecule is Cc1ccc(CNc2cnn(C(C)C)c(=O)c2Br)cn1. The van der Waals surface area contributed by atoms with Crippen molar-refractivity contribution >= 4 is 21.6 Å². The number of hydrogen-bond acceptors (Lipinski definition) is 4. The topological polar surface area (TPSA) is 59.8 Å². The van der Waals surface area contributed by atoms with Gasteiger partial charge in [-0.05, 0) is 48.3 Å². The molecule has 0 radical (unpaired) electrons. The van der Waals surface area contributed by atoms with E-state index < -0.39 is 0 Å². The Bertz CT molecular complexity index is 649. The molecule has 0 aliphatic rings. The van der Waals surface area contributed by atoms with E-state index in [0.29, 0.717) is 16.7 Å². The molecule has 0 aromatic carbocycles. The molecule has 2 aromatic rings. The van der Waals surface area contributed by atoms with E-state index in [-0.39, 0.29) is 11.6 Å². The fraction of sp³-hybridized carbons (Fsp3) is 0.357. The highest BCUT2D eigenvalue weighted by atomic mass is 79.9. The van der Waals surface area contributed by atoms with Crippen molar-refractivity contribution in [1.29, 1.82) is 0 Å². The molecule has 0 bridgehead atoms. The summed E-state index contributed by atoms with van der Waals surface area (Å²) in [5.41, 5.74) is 2.59. The van der Waals surface area contributed by atoms with Crippen LogP contribution < -0.4 is 10.9 Å². The fourth-order valence-corrected chi connectivity index (χ4v) is 2.16. The molecule has 0 saturated heterocycles. The number of nitrogens with zero attached hydrogens (tertiary/aromatic N) is 3. The van der Waals surface area contributed by atoms with Gasteiger partial charge in [-0.3, -0.25) is 9.78 Å². The van der Waals surface area contributed by atoms with Gasteiger partial charge >= 0.3 is 0 Å². The van der Waals surface area contributed by atoms with E-state index in [4.69, 9.17) is 0 Å². The van der Waals surface area contributed by atoms with Crippen molar-refractivity contribution in [3.8, 4) is 0 Å². The minimum absolute atomic E-state index is 0.0362. The molecule has 2 aromatic heterocycles. The molecule has 106 valence electrons. The van der Waals surface area contributed by atoms with Crippen LogP contribution in [0.15, 0.2) is 33.8 Å². The maximum Gasteiger partial charge on any atom is 0.283 e. The maximum atomic E-state index is 12.1. The Kier molecular flexibility index (Phi) is 4.54. The molecule has 0 amide bonds. The molecule has 0 aliphatic heterocycles. The van der Waals surface area contributed by atoms with Crippen molar-refractivity contribution in [2.75, 3.05) is 5.32 Å². The van der Waals surface area contributed by atoms with Crippen LogP contribution in [0.3, 0.4) is 0 Å². The van der Waals surface area contributed by atoms with Crippen molar-refractivity contribution in [2.24, 2.45) is 0 Å². The van der Waals surface area contributed by atoms with Crippen molar-refractivity contribution in [1.82, 2.24) is 14.8 Å². The number of hydrogen-bond donors (Lipinski definition) is 1. The van der Waals surface area contributed by atoms with E-state index in [9.17, 15) is 4.79 Å². The first-order chi connectivity index (χ1) is 9.49. The van der Waals surface area contributed by atoms with Gasteiger partial charge in [-0.15, -0.1) is 0 Å². The monoisotopic (exact) mass is 336 g/mol. The van der Waals surface area contributed by atoms with Gasteiger partial charge in [-0.2, -0.15) is 5.10 Å². The Hall–Kier alpha value is -1.69. The van der Waals surface area contributed by atoms with Crippen LogP contribution in [0.2, 0.25) is 0 Å². The number of aromatic nitrogens is 3. The number of anilines is 1. The van der Waals surface area contributed by atoms with Crippen LogP contribution in [-0.2, 0) is 6.54 Å². The van der Waals surface area contributed by atoms with E-state index in [1.54, 1.807) is 6.20 Å². The summed E-state index contributed by atoms with van der Waals surface area (Å²) in [4.78, 5) is 16.3. The van der Waals surface area contributed by atoms with E-state index >= 15 is 0 Å². The lowest BCUT2D eigenvalue weighted by Gasteiger charge is -2.12. The Morgan fingerprint density at radius 1 is 1.35 bits per heavy atom. The zero-order valence-corrected chi connectivity index (χ0v) is 13.3. The predicted molar refractivity (Wildman–Crippen MR) is 82.9 cm³/mol. The summed E-state index contributed by atoms with van der Waals surface area (Å²) >= 11 is 3.33. The highest BCUT2D eigenvalue weighted by Crippen LogP contribution is 2.18. The molecule has 0 spiro atoms. The van der Waals surface area contributed by atoms with E-state index in [1.807, 2.05) is 39.1 Å². The minimum Gasteiger partial charge on any atom is -0.379 e. The van der Waals surface area contributed by atoms with Gasteiger partial charge < -0.3 is 5.32 Å². The van der Waals surface area contributed by atoms with Crippen LogP contribution in [0.4, 0.5) is 5.69 Å². The molecule has 20 heavy (non-hydrogen) atoms. The molecular weight excluding hydrogens is 320 g/mol. The summed E-state index contributed by atoms with van der Waals surface area (Å²) < 4.78 is 1.95. The zero-order valence-electron chi connectivity index (χ0n) is 11.7. The first-order valence-corrected chi connectivity index (χ1v) is 7.21. The molecule has 5 nitrogen and oxygen atoms in total. The quantitative estimate of drug-likeness (QED) is 0.932. The summed E-state index contributed by atoms with van der Waals surface area (Å²) in [5, 5.41) is 7.35. The van der Waals surface area contributed by atoms with Crippen LogP contribution in [0.1, 0.15) is 31.1 Å². The van der Waals surface area contributed by atoms with Crippen LogP contribution in [0.5, 0.6) is 0 Å². The Morgan fingerprint density at radius 2 is 2.10 bits per heavy atom. The van der Waals surface area contributed by atoms with Crippen molar-refractivity contribution in [2.45, 2.75) is 33.4 Å². The number of aryl methyl sites for hydroxylation is 1. The first-order valence-electron chi connectivity index (χ1n) is 6.41. The van der Waals surface area contributed by atoms with Crippen molar-refractivity contribution < 1.29 is 0 Å². The van der Waals surface area contributed by atoms with Gasteiger partial charge in [0.25, 0.3) is 5.56 Å². The molecule has 2 rings (SSSR count). The number of nitrogens with one attached hydrogen (secondary N) is 1. The van der Waals surface area contributed by atoms with E-state index in [1.165, 1.54) is 4.68 Å². The van der Waals surface area contributed by atoms with Crippen LogP contribution in [0, 0.1) is 6.92 Å². The molecule has 0 atom stereocenters. The van der Waals surface area contributed by atoms with Crippen molar-refractivity contribution in [3.05, 3.63) is 50.6 Å². The van der Waals surface area contributed by atoms with Gasteiger partial charge in [-0.1, -0.05) is 6.07 Å². The van der Waals surface area contributed by atoms with Gasteiger partial charge in [-0.25, -0.2) is 4.68 Å². The molecule has 0 fully saturated rings. The smallest absolute Gasteiger partial charge is 0.283 e. The summed E-state index contributed by atoms with van der Waals surface area (Å²) in [6, 6.07) is 4.00. The molecule has 0 aliphatic carbocycles. The van der Waals surface area contributed by atoms with Crippen LogP contribution >= 0.6 is 15.9 Å². The standard InChI is InChI=1S/C14H17BrN4O/c1-9(2)19-14(20)13(15)12(8-18-19)17-7-11-5-4-10(3)16-6-11/h4-6,8-9,17H,7H2,1-3H3. The third-order valence-electron chi connectivity index (χ3n) is 2.89. The summed E-state index contributed by atoms with van der Waals surface area (Å²) in [6.45, 7) is 6.39. The minimum atomic E-state index is -0.132. The highest BCUT2D eigenvalue weighted by molar-refractivity contribution is 9.10. The number of halogens is 1. The number of pyridine rings is 1. The molecular formula is C14H17BrN4O. The Morgan fingerprint density at radius 3 is 2.70 bits per heavy atom. The second-order valence-electron chi connectivity index (χ2n) is 4.88. The molecule has 6 heteroatoms. The average molecular weight is 337 g/mol. The lowest BCUT2D eigenvalue weighted by atomic mass is 10.2. The van der Waals surface area contributed by atoms with Gasteiger partial charge in [0.05, 0.1) is 17.9 Å². The highest BCUT2D eigenvalue weighted by Gasteiger charge is 2.10. The normalized spacial score (nSPS) is 10.8. The van der Waals surface area contributed by atoms with E-state index in [2.05, 4.69) is 31.3 Å². The van der Waals surface area contributed by atoms with Gasteiger partial charge in [0, 0.05) is 18.4 Å². The third kappa shape index (κ3) is 3.25. The lowest BCUT2D eigenvalue weighted by molar-refractivity contribution is 0.501. The molecule has 0 saturated carbocycles. The van der Waals surface area contributed by atoms with Crippen LogP contribution in [0.25, 0.3) is 0 Å². The second kappa shape index (κ2) is 6.17. The zero-order chi connectivity index (χ0) is 14.7. The lowest BCUT2D eigenvalue weighted by Crippen LogP contribution is -2.26. The average Bonchev–Trinajstić information content (AvgIpc) is 2.42. The largest absolute Gasteiger partial charge is 0.379 e. The molecule has 2 heterocycles. The summed E-state index contributed by atoms with van der Waals surface area (Å²) in [7, 11) is 0. The predicted octanol–water partition coefficient (Wildman–Crippen LogP) is 2.90. The Labute approximate surface area is 126 Å². The van der Waals surface area contributed by atoms with Gasteiger partial charge in [0.1, 0.15) is 4.47 Å². The third-order valence-corrected chi connectivity index (χ3v) is 3.65. The number of rotatable bonds is 4. The van der Waals surface area contributed by atoms with Crippen LogP contribution in [-0.4, -0.2) is 14.8 Å². The maximum absolute atomic E-state index is 12.1. The summed E-state index contributed by atoms with van der Waals surface area (Å²) in [6.07, 6.45) is 3.48. The molecule has 1 N–H and O–H groups in total. The fourth-order valence-electron chi connectivity index (χ4n) is 1.74. The van der Waals surface area contributed by atoms with E-state index in [0.717, 1.165) is 11.3 Å². The van der Waals surface area contributed by atoms with Gasteiger partial charge in [0.2, 0.25) is 0 Å². The molecule has 0 unspecified atom stereocenters. The Balaban J connectivity index is 2.16. The van der Waals surface area contributed by atoms with Gasteiger partial charge in [0.15, 0.2) is 0 Å². The second-order valence-corrected chi connectivity index (χ2v) is 5.67. The summed E-state index contributed by atoms with van der Waals surface area (Å²) in [5.74, 6) is 0.